The van der Waals surface area contributed by atoms with E-state index in [1.807, 2.05) is 36.9 Å². The van der Waals surface area contributed by atoms with Crippen molar-refractivity contribution in [1.82, 2.24) is 15.0 Å². The van der Waals surface area contributed by atoms with Crippen molar-refractivity contribution in [3.05, 3.63) is 52.1 Å². The Kier molecular flexibility index (Phi) is 4.46. The van der Waals surface area contributed by atoms with Gasteiger partial charge in [-0.3, -0.25) is 9.69 Å². The molecule has 7 heteroatoms. The van der Waals surface area contributed by atoms with E-state index in [1.165, 1.54) is 0 Å². The zero-order valence-corrected chi connectivity index (χ0v) is 15.5. The highest BCUT2D eigenvalue weighted by Gasteiger charge is 2.27. The molecule has 2 aromatic heterocycles. The minimum Gasteiger partial charge on any atom is -0.449 e. The molecular formula is C19H20ClN3O3. The van der Waals surface area contributed by atoms with Crippen molar-refractivity contribution < 1.29 is 13.7 Å². The van der Waals surface area contributed by atoms with Gasteiger partial charge in [-0.05, 0) is 19.9 Å². The Hall–Kier alpha value is -2.31. The maximum Gasteiger partial charge on any atom is 0.289 e. The van der Waals surface area contributed by atoms with Crippen LogP contribution in [-0.2, 0) is 6.54 Å². The molecular weight excluding hydrogens is 354 g/mol. The fraction of sp³-hybridized carbons (Fsp3) is 0.368. The van der Waals surface area contributed by atoms with Gasteiger partial charge < -0.3 is 13.8 Å². The van der Waals surface area contributed by atoms with E-state index in [2.05, 4.69) is 10.1 Å². The molecule has 6 nitrogen and oxygen atoms in total. The monoisotopic (exact) mass is 373 g/mol. The van der Waals surface area contributed by atoms with Crippen molar-refractivity contribution in [2.24, 2.45) is 0 Å². The molecule has 0 radical (unpaired) electrons. The standard InChI is InChI=1S/C19H20ClN3O3/c1-12-10-14(26-21-12)11-22-6-8-23(9-7-22)19(24)17-13(2)15-4-3-5-16(20)18(15)25-17/h3-5,10H,6-9,11H2,1-2H3. The van der Waals surface area contributed by atoms with Gasteiger partial charge in [0.2, 0.25) is 0 Å². The summed E-state index contributed by atoms with van der Waals surface area (Å²) < 4.78 is 11.1. The molecule has 1 aromatic carbocycles. The number of aryl methyl sites for hydroxylation is 2. The lowest BCUT2D eigenvalue weighted by atomic mass is 10.1. The predicted molar refractivity (Wildman–Crippen MR) is 98.4 cm³/mol. The molecule has 136 valence electrons. The summed E-state index contributed by atoms with van der Waals surface area (Å²) >= 11 is 6.19. The molecule has 0 unspecified atom stereocenters. The number of piperazine rings is 1. The molecule has 0 N–H and O–H groups in total. The summed E-state index contributed by atoms with van der Waals surface area (Å²) in [6, 6.07) is 7.50. The topological polar surface area (TPSA) is 62.7 Å². The number of amides is 1. The number of benzene rings is 1. The van der Waals surface area contributed by atoms with Crippen molar-refractivity contribution in [2.45, 2.75) is 20.4 Å². The van der Waals surface area contributed by atoms with Crippen molar-refractivity contribution in [3.8, 4) is 0 Å². The Morgan fingerprint density at radius 3 is 2.65 bits per heavy atom. The number of carbonyl (C=O) groups excluding carboxylic acids is 1. The lowest BCUT2D eigenvalue weighted by Gasteiger charge is -2.33. The maximum atomic E-state index is 12.9. The quantitative estimate of drug-likeness (QED) is 0.701. The molecule has 1 aliphatic heterocycles. The highest BCUT2D eigenvalue weighted by Crippen LogP contribution is 2.31. The molecule has 0 spiro atoms. The van der Waals surface area contributed by atoms with Crippen LogP contribution in [0.25, 0.3) is 11.0 Å². The second kappa shape index (κ2) is 6.78. The lowest BCUT2D eigenvalue weighted by Crippen LogP contribution is -2.48. The van der Waals surface area contributed by atoms with E-state index < -0.39 is 0 Å². The van der Waals surface area contributed by atoms with Crippen LogP contribution >= 0.6 is 11.6 Å². The van der Waals surface area contributed by atoms with Gasteiger partial charge in [0.1, 0.15) is 0 Å². The number of hydrogen-bond acceptors (Lipinski definition) is 5. The van der Waals surface area contributed by atoms with E-state index >= 15 is 0 Å². The fourth-order valence-corrected chi connectivity index (χ4v) is 3.59. The molecule has 3 heterocycles. The van der Waals surface area contributed by atoms with Gasteiger partial charge in [0.05, 0.1) is 17.3 Å². The number of furan rings is 1. The van der Waals surface area contributed by atoms with Crippen molar-refractivity contribution in [1.29, 1.82) is 0 Å². The zero-order valence-electron chi connectivity index (χ0n) is 14.8. The van der Waals surface area contributed by atoms with Gasteiger partial charge in [-0.25, -0.2) is 0 Å². The van der Waals surface area contributed by atoms with Gasteiger partial charge in [0.15, 0.2) is 17.1 Å². The maximum absolute atomic E-state index is 12.9. The Labute approximate surface area is 156 Å². The molecule has 1 fully saturated rings. The highest BCUT2D eigenvalue weighted by atomic mass is 35.5. The molecule has 26 heavy (non-hydrogen) atoms. The zero-order chi connectivity index (χ0) is 18.3. The molecule has 1 amide bonds. The predicted octanol–water partition coefficient (Wildman–Crippen LogP) is 3.65. The molecule has 3 aromatic rings. The minimum absolute atomic E-state index is 0.0788. The first-order valence-corrected chi connectivity index (χ1v) is 9.02. The van der Waals surface area contributed by atoms with Crippen LogP contribution in [0.1, 0.15) is 27.6 Å². The van der Waals surface area contributed by atoms with Crippen molar-refractivity contribution in [2.75, 3.05) is 26.2 Å². The van der Waals surface area contributed by atoms with Crippen LogP contribution < -0.4 is 0 Å². The van der Waals surface area contributed by atoms with Crippen LogP contribution in [0, 0.1) is 13.8 Å². The average molecular weight is 374 g/mol. The lowest BCUT2D eigenvalue weighted by molar-refractivity contribution is 0.0588. The van der Waals surface area contributed by atoms with E-state index in [0.717, 1.165) is 35.5 Å². The van der Waals surface area contributed by atoms with Gasteiger partial charge in [-0.1, -0.05) is 28.9 Å². The van der Waals surface area contributed by atoms with Crippen LogP contribution in [0.3, 0.4) is 0 Å². The summed E-state index contributed by atoms with van der Waals surface area (Å²) in [5.74, 6) is 1.15. The Morgan fingerprint density at radius 2 is 2.00 bits per heavy atom. The van der Waals surface area contributed by atoms with Gasteiger partial charge in [-0.2, -0.15) is 0 Å². The second-order valence-electron chi connectivity index (χ2n) is 6.68. The number of carbonyl (C=O) groups is 1. The molecule has 4 rings (SSSR count). The van der Waals surface area contributed by atoms with Crippen LogP contribution in [0.5, 0.6) is 0 Å². The smallest absolute Gasteiger partial charge is 0.289 e. The molecule has 1 saturated heterocycles. The third-order valence-corrected chi connectivity index (χ3v) is 5.12. The Bertz CT molecular complexity index is 954. The number of para-hydroxylation sites is 1. The van der Waals surface area contributed by atoms with Gasteiger partial charge in [-0.15, -0.1) is 0 Å². The average Bonchev–Trinajstić information content (AvgIpc) is 3.19. The van der Waals surface area contributed by atoms with E-state index in [0.29, 0.717) is 36.0 Å². The van der Waals surface area contributed by atoms with Gasteiger partial charge in [0, 0.05) is 43.2 Å². The van der Waals surface area contributed by atoms with E-state index in [9.17, 15) is 4.79 Å². The Balaban J connectivity index is 1.45. The second-order valence-corrected chi connectivity index (χ2v) is 7.08. The van der Waals surface area contributed by atoms with Crippen molar-refractivity contribution in [3.63, 3.8) is 0 Å². The van der Waals surface area contributed by atoms with Crippen LogP contribution in [0.15, 0.2) is 33.2 Å². The molecule has 1 aliphatic rings. The van der Waals surface area contributed by atoms with Gasteiger partial charge in [0.25, 0.3) is 5.91 Å². The number of fused-ring (bicyclic) bond motifs is 1. The first-order chi connectivity index (χ1) is 12.5. The Morgan fingerprint density at radius 1 is 1.23 bits per heavy atom. The van der Waals surface area contributed by atoms with Crippen LogP contribution in [0.4, 0.5) is 0 Å². The number of halogens is 1. The summed E-state index contributed by atoms with van der Waals surface area (Å²) in [6.07, 6.45) is 0. The summed E-state index contributed by atoms with van der Waals surface area (Å²) in [5, 5.41) is 5.33. The first-order valence-electron chi connectivity index (χ1n) is 8.64. The first kappa shape index (κ1) is 17.1. The summed E-state index contributed by atoms with van der Waals surface area (Å²) in [4.78, 5) is 17.0. The van der Waals surface area contributed by atoms with Gasteiger partial charge >= 0.3 is 0 Å². The number of rotatable bonds is 3. The number of hydrogen-bond donors (Lipinski definition) is 0. The third kappa shape index (κ3) is 3.10. The SMILES string of the molecule is Cc1cc(CN2CCN(C(=O)c3oc4c(Cl)cccc4c3C)CC2)on1. The molecule has 0 aliphatic carbocycles. The van der Waals surface area contributed by atoms with E-state index in [4.69, 9.17) is 20.5 Å². The third-order valence-electron chi connectivity index (χ3n) is 4.83. The largest absolute Gasteiger partial charge is 0.449 e. The summed E-state index contributed by atoms with van der Waals surface area (Å²) in [6.45, 7) is 7.38. The molecule has 0 atom stereocenters. The van der Waals surface area contributed by atoms with E-state index in [1.54, 1.807) is 6.07 Å². The van der Waals surface area contributed by atoms with Crippen LogP contribution in [-0.4, -0.2) is 47.0 Å². The van der Waals surface area contributed by atoms with Crippen LogP contribution in [0.2, 0.25) is 5.02 Å². The summed E-state index contributed by atoms with van der Waals surface area (Å²) in [5.41, 5.74) is 2.30. The summed E-state index contributed by atoms with van der Waals surface area (Å²) in [7, 11) is 0. The molecule has 0 saturated carbocycles. The number of aromatic nitrogens is 1. The van der Waals surface area contributed by atoms with Crippen molar-refractivity contribution >= 4 is 28.5 Å². The normalized spacial score (nSPS) is 15.7. The molecule has 0 bridgehead atoms. The fourth-order valence-electron chi connectivity index (χ4n) is 3.38. The van der Waals surface area contributed by atoms with E-state index in [-0.39, 0.29) is 5.91 Å². The highest BCUT2D eigenvalue weighted by molar-refractivity contribution is 6.35. The number of nitrogens with zero attached hydrogens (tertiary/aromatic N) is 3. The minimum atomic E-state index is -0.0788.